The highest BCUT2D eigenvalue weighted by atomic mass is 16.7. The Kier molecular flexibility index (Phi) is 4.03. The van der Waals surface area contributed by atoms with Crippen LogP contribution in [0.4, 0.5) is 0 Å². The predicted octanol–water partition coefficient (Wildman–Crippen LogP) is 3.43. The molecule has 0 fully saturated rings. The lowest BCUT2D eigenvalue weighted by atomic mass is 10.1. The molecule has 96 valence electrons. The van der Waals surface area contributed by atoms with Crippen molar-refractivity contribution in [1.29, 1.82) is 0 Å². The number of carbonyl (C=O) groups excluding carboxylic acids is 1. The maximum atomic E-state index is 11.6. The number of fused-ring (bicyclic) bond motifs is 1. The minimum absolute atomic E-state index is 0.168. The molecule has 0 saturated carbocycles. The van der Waals surface area contributed by atoms with Gasteiger partial charge in [0.15, 0.2) is 17.3 Å². The van der Waals surface area contributed by atoms with Crippen LogP contribution in [0.25, 0.3) is 6.08 Å². The molecule has 2 rings (SSSR count). The summed E-state index contributed by atoms with van der Waals surface area (Å²) in [5, 5.41) is 0. The van der Waals surface area contributed by atoms with E-state index in [2.05, 4.69) is 13.8 Å². The molecular formula is C15H18O3. The number of rotatable bonds is 5. The first kappa shape index (κ1) is 12.7. The highest BCUT2D eigenvalue weighted by Crippen LogP contribution is 2.32. The van der Waals surface area contributed by atoms with E-state index in [9.17, 15) is 4.79 Å². The third-order valence-electron chi connectivity index (χ3n) is 2.83. The number of ketones is 1. The minimum atomic E-state index is 0.168. The molecule has 1 aromatic carbocycles. The van der Waals surface area contributed by atoms with Crippen LogP contribution >= 0.6 is 0 Å². The van der Waals surface area contributed by atoms with Crippen LogP contribution in [0.1, 0.15) is 32.3 Å². The summed E-state index contributed by atoms with van der Waals surface area (Å²) in [4.78, 5) is 11.6. The van der Waals surface area contributed by atoms with Crippen LogP contribution in [-0.2, 0) is 4.79 Å². The molecule has 1 aliphatic rings. The van der Waals surface area contributed by atoms with E-state index in [1.165, 1.54) is 0 Å². The molecule has 0 N–H and O–H groups in total. The molecule has 3 nitrogen and oxygen atoms in total. The fraction of sp³-hybridized carbons (Fsp3) is 0.400. The molecule has 1 aromatic rings. The third kappa shape index (κ3) is 3.36. The van der Waals surface area contributed by atoms with Gasteiger partial charge in [0.05, 0.1) is 0 Å². The number of carbonyl (C=O) groups is 1. The first-order valence-electron chi connectivity index (χ1n) is 6.25. The largest absolute Gasteiger partial charge is 0.454 e. The fourth-order valence-electron chi connectivity index (χ4n) is 1.72. The fourth-order valence-corrected chi connectivity index (χ4v) is 1.72. The van der Waals surface area contributed by atoms with Gasteiger partial charge in [-0.3, -0.25) is 4.79 Å². The van der Waals surface area contributed by atoms with E-state index in [1.54, 1.807) is 6.08 Å². The maximum absolute atomic E-state index is 11.6. The van der Waals surface area contributed by atoms with Crippen molar-refractivity contribution in [2.75, 3.05) is 6.79 Å². The Bertz CT molecular complexity index is 461. The molecule has 0 bridgehead atoms. The van der Waals surface area contributed by atoms with E-state index in [0.29, 0.717) is 12.3 Å². The standard InChI is InChI=1S/C15H18O3/c1-11(2)3-6-13(16)7-4-12-5-8-14-15(9-12)18-10-17-14/h4-5,7-9,11H,3,6,10H2,1-2H3. The Morgan fingerprint density at radius 1 is 1.33 bits per heavy atom. The number of hydrogen-bond donors (Lipinski definition) is 0. The summed E-state index contributed by atoms with van der Waals surface area (Å²) >= 11 is 0. The van der Waals surface area contributed by atoms with Crippen LogP contribution in [0.2, 0.25) is 0 Å². The van der Waals surface area contributed by atoms with Crippen molar-refractivity contribution in [3.05, 3.63) is 29.8 Å². The summed E-state index contributed by atoms with van der Waals surface area (Å²) in [5.74, 6) is 2.24. The van der Waals surface area contributed by atoms with Crippen molar-refractivity contribution >= 4 is 11.9 Å². The van der Waals surface area contributed by atoms with Gasteiger partial charge in [-0.25, -0.2) is 0 Å². The lowest BCUT2D eigenvalue weighted by Crippen LogP contribution is -1.96. The average Bonchev–Trinajstić information content (AvgIpc) is 2.81. The lowest BCUT2D eigenvalue weighted by Gasteiger charge is -2.00. The first-order chi connectivity index (χ1) is 8.65. The van der Waals surface area contributed by atoms with Gasteiger partial charge in [-0.15, -0.1) is 0 Å². The number of ether oxygens (including phenoxy) is 2. The molecular weight excluding hydrogens is 228 g/mol. The van der Waals surface area contributed by atoms with Gasteiger partial charge in [0.25, 0.3) is 0 Å². The molecule has 1 heterocycles. The monoisotopic (exact) mass is 246 g/mol. The second-order valence-corrected chi connectivity index (χ2v) is 4.84. The van der Waals surface area contributed by atoms with Gasteiger partial charge >= 0.3 is 0 Å². The molecule has 0 spiro atoms. The Morgan fingerprint density at radius 2 is 2.11 bits per heavy atom. The van der Waals surface area contributed by atoms with Crippen molar-refractivity contribution in [2.45, 2.75) is 26.7 Å². The first-order valence-corrected chi connectivity index (χ1v) is 6.25. The molecule has 0 radical (unpaired) electrons. The van der Waals surface area contributed by atoms with Crippen LogP contribution < -0.4 is 9.47 Å². The lowest BCUT2D eigenvalue weighted by molar-refractivity contribution is -0.114. The van der Waals surface area contributed by atoms with Gasteiger partial charge in [0.1, 0.15) is 0 Å². The summed E-state index contributed by atoms with van der Waals surface area (Å²) in [7, 11) is 0. The van der Waals surface area contributed by atoms with Crippen LogP contribution in [0.5, 0.6) is 11.5 Å². The van der Waals surface area contributed by atoms with E-state index < -0.39 is 0 Å². The second kappa shape index (κ2) is 5.71. The quantitative estimate of drug-likeness (QED) is 0.747. The van der Waals surface area contributed by atoms with Gasteiger partial charge in [-0.05, 0) is 36.1 Å². The molecule has 3 heteroatoms. The smallest absolute Gasteiger partial charge is 0.231 e. The van der Waals surface area contributed by atoms with Gasteiger partial charge in [0.2, 0.25) is 6.79 Å². The SMILES string of the molecule is CC(C)CCC(=O)C=Cc1ccc2c(c1)OCO2. The van der Waals surface area contributed by atoms with Crippen LogP contribution in [-0.4, -0.2) is 12.6 Å². The van der Waals surface area contributed by atoms with Gasteiger partial charge in [-0.1, -0.05) is 26.0 Å². The molecule has 0 aliphatic carbocycles. The zero-order valence-electron chi connectivity index (χ0n) is 10.8. The van der Waals surface area contributed by atoms with Gasteiger partial charge in [0, 0.05) is 6.42 Å². The normalized spacial score (nSPS) is 13.5. The summed E-state index contributed by atoms with van der Waals surface area (Å²) in [6.07, 6.45) is 5.01. The van der Waals surface area contributed by atoms with Crippen molar-refractivity contribution in [3.8, 4) is 11.5 Å². The van der Waals surface area contributed by atoms with Crippen molar-refractivity contribution in [2.24, 2.45) is 5.92 Å². The zero-order chi connectivity index (χ0) is 13.0. The van der Waals surface area contributed by atoms with E-state index >= 15 is 0 Å². The van der Waals surface area contributed by atoms with E-state index in [-0.39, 0.29) is 12.6 Å². The summed E-state index contributed by atoms with van der Waals surface area (Å²) in [6.45, 7) is 4.51. The zero-order valence-corrected chi connectivity index (χ0v) is 10.8. The predicted molar refractivity (Wildman–Crippen MR) is 70.7 cm³/mol. The molecule has 1 aliphatic heterocycles. The van der Waals surface area contributed by atoms with Crippen molar-refractivity contribution in [1.82, 2.24) is 0 Å². The third-order valence-corrected chi connectivity index (χ3v) is 2.83. The molecule has 0 amide bonds. The summed E-state index contributed by atoms with van der Waals surface area (Å²) in [5.41, 5.74) is 0.956. The molecule has 0 saturated heterocycles. The molecule has 0 unspecified atom stereocenters. The molecule has 18 heavy (non-hydrogen) atoms. The summed E-state index contributed by atoms with van der Waals surface area (Å²) < 4.78 is 10.5. The maximum Gasteiger partial charge on any atom is 0.231 e. The Hall–Kier alpha value is -1.77. The van der Waals surface area contributed by atoms with Crippen LogP contribution in [0.3, 0.4) is 0 Å². The minimum Gasteiger partial charge on any atom is -0.454 e. The van der Waals surface area contributed by atoms with Crippen LogP contribution in [0, 0.1) is 5.92 Å². The van der Waals surface area contributed by atoms with Crippen LogP contribution in [0.15, 0.2) is 24.3 Å². The highest BCUT2D eigenvalue weighted by molar-refractivity contribution is 5.93. The number of hydrogen-bond acceptors (Lipinski definition) is 3. The molecule has 0 aromatic heterocycles. The number of benzene rings is 1. The average molecular weight is 246 g/mol. The van der Waals surface area contributed by atoms with E-state index in [4.69, 9.17) is 9.47 Å². The summed E-state index contributed by atoms with van der Waals surface area (Å²) in [6, 6.07) is 5.66. The topological polar surface area (TPSA) is 35.5 Å². The molecule has 0 atom stereocenters. The van der Waals surface area contributed by atoms with Gasteiger partial charge in [-0.2, -0.15) is 0 Å². The number of allylic oxidation sites excluding steroid dienone is 1. The van der Waals surface area contributed by atoms with Crippen molar-refractivity contribution in [3.63, 3.8) is 0 Å². The van der Waals surface area contributed by atoms with Crippen molar-refractivity contribution < 1.29 is 14.3 Å². The second-order valence-electron chi connectivity index (χ2n) is 4.84. The highest BCUT2D eigenvalue weighted by Gasteiger charge is 2.12. The Morgan fingerprint density at radius 3 is 2.89 bits per heavy atom. The Balaban J connectivity index is 1.94. The Labute approximate surface area is 107 Å². The van der Waals surface area contributed by atoms with E-state index in [1.807, 2.05) is 24.3 Å². The van der Waals surface area contributed by atoms with Gasteiger partial charge < -0.3 is 9.47 Å². The van der Waals surface area contributed by atoms with E-state index in [0.717, 1.165) is 23.5 Å².